The number of carbonyl (C=O) groups is 2. The Morgan fingerprint density at radius 1 is 1.07 bits per heavy atom. The first kappa shape index (κ1) is 20.1. The Hall–Kier alpha value is -2.66. The predicted octanol–water partition coefficient (Wildman–Crippen LogP) is 3.10. The molecule has 2 unspecified atom stereocenters. The van der Waals surface area contributed by atoms with Crippen LogP contribution >= 0.6 is 0 Å². The third-order valence-electron chi connectivity index (χ3n) is 5.34. The van der Waals surface area contributed by atoms with Gasteiger partial charge < -0.3 is 15.0 Å². The van der Waals surface area contributed by atoms with Crippen LogP contribution in [0.2, 0.25) is 0 Å². The van der Waals surface area contributed by atoms with E-state index in [4.69, 9.17) is 4.74 Å². The molecule has 1 heterocycles. The number of esters is 1. The van der Waals surface area contributed by atoms with Crippen molar-refractivity contribution in [2.45, 2.75) is 38.9 Å². The number of nitrogens with one attached hydrogen (secondary N) is 1. The Labute approximate surface area is 166 Å². The topological polar surface area (TPSA) is 58.6 Å². The van der Waals surface area contributed by atoms with Gasteiger partial charge in [-0.15, -0.1) is 0 Å². The van der Waals surface area contributed by atoms with Crippen LogP contribution < -0.4 is 5.32 Å². The zero-order valence-electron chi connectivity index (χ0n) is 16.7. The van der Waals surface area contributed by atoms with E-state index in [9.17, 15) is 9.59 Å². The molecule has 0 radical (unpaired) electrons. The summed E-state index contributed by atoms with van der Waals surface area (Å²) in [6.07, 6.45) is 0.487. The number of ether oxygens (including phenoxy) is 1. The molecule has 1 aliphatic rings. The molecule has 0 spiro atoms. The fourth-order valence-electron chi connectivity index (χ4n) is 3.83. The molecule has 0 fully saturated rings. The molecule has 2 aromatic rings. The Kier molecular flexibility index (Phi) is 6.47. The molecular weight excluding hydrogens is 352 g/mol. The van der Waals surface area contributed by atoms with Gasteiger partial charge in [0.05, 0.1) is 13.7 Å². The molecule has 148 valence electrons. The maximum absolute atomic E-state index is 13.1. The number of benzene rings is 2. The fraction of sp³-hybridized carbons (Fsp3) is 0.391. The molecule has 0 aliphatic carbocycles. The van der Waals surface area contributed by atoms with E-state index in [-0.39, 0.29) is 24.5 Å². The van der Waals surface area contributed by atoms with Crippen molar-refractivity contribution in [3.8, 4) is 0 Å². The maximum Gasteiger partial charge on any atom is 0.328 e. The Bertz CT molecular complexity index is 820. The van der Waals surface area contributed by atoms with Gasteiger partial charge in [-0.1, -0.05) is 68.4 Å². The second-order valence-corrected chi connectivity index (χ2v) is 7.55. The summed E-state index contributed by atoms with van der Waals surface area (Å²) in [6, 6.07) is 17.5. The molecule has 28 heavy (non-hydrogen) atoms. The Morgan fingerprint density at radius 3 is 2.36 bits per heavy atom. The highest BCUT2D eigenvalue weighted by atomic mass is 16.5. The number of carbonyl (C=O) groups excluding carboxylic acids is 2. The van der Waals surface area contributed by atoms with Crippen LogP contribution in [0.3, 0.4) is 0 Å². The fourth-order valence-corrected chi connectivity index (χ4v) is 3.83. The van der Waals surface area contributed by atoms with Crippen LogP contribution in [0, 0.1) is 5.92 Å². The maximum atomic E-state index is 13.1. The van der Waals surface area contributed by atoms with Crippen molar-refractivity contribution >= 4 is 11.9 Å². The number of fused-ring (bicyclic) bond motifs is 1. The summed E-state index contributed by atoms with van der Waals surface area (Å²) in [5.41, 5.74) is 3.33. The van der Waals surface area contributed by atoms with Gasteiger partial charge in [-0.2, -0.15) is 0 Å². The average molecular weight is 380 g/mol. The van der Waals surface area contributed by atoms with Gasteiger partial charge in [0.15, 0.2) is 0 Å². The third kappa shape index (κ3) is 4.42. The molecule has 2 atom stereocenters. The molecule has 1 amide bonds. The van der Waals surface area contributed by atoms with Gasteiger partial charge in [-0.05, 0) is 22.6 Å². The summed E-state index contributed by atoms with van der Waals surface area (Å²) in [5, 5.41) is 3.39. The van der Waals surface area contributed by atoms with E-state index in [1.165, 1.54) is 7.11 Å². The van der Waals surface area contributed by atoms with Gasteiger partial charge in [0.25, 0.3) is 0 Å². The molecule has 0 saturated carbocycles. The van der Waals surface area contributed by atoms with Crippen molar-refractivity contribution in [2.24, 2.45) is 5.92 Å². The van der Waals surface area contributed by atoms with Gasteiger partial charge >= 0.3 is 5.97 Å². The second kappa shape index (κ2) is 9.02. The van der Waals surface area contributed by atoms with Crippen LogP contribution in [0.5, 0.6) is 0 Å². The van der Waals surface area contributed by atoms with Crippen molar-refractivity contribution in [2.75, 3.05) is 13.7 Å². The largest absolute Gasteiger partial charge is 0.467 e. The van der Waals surface area contributed by atoms with Crippen LogP contribution in [-0.4, -0.2) is 36.5 Å². The molecule has 1 aliphatic heterocycles. The molecule has 5 heteroatoms. The lowest BCUT2D eigenvalue weighted by Crippen LogP contribution is -2.51. The first-order valence-corrected chi connectivity index (χ1v) is 9.73. The number of amides is 1. The third-order valence-corrected chi connectivity index (χ3v) is 5.34. The average Bonchev–Trinajstić information content (AvgIpc) is 2.72. The van der Waals surface area contributed by atoms with E-state index in [0.29, 0.717) is 18.9 Å². The van der Waals surface area contributed by atoms with Crippen LogP contribution in [-0.2, 0) is 27.3 Å². The molecule has 0 bridgehead atoms. The lowest BCUT2D eigenvalue weighted by atomic mass is 9.93. The van der Waals surface area contributed by atoms with E-state index in [0.717, 1.165) is 16.7 Å². The number of methoxy groups -OCH3 is 1. The van der Waals surface area contributed by atoms with Crippen LogP contribution in [0.15, 0.2) is 54.6 Å². The Balaban J connectivity index is 1.75. The van der Waals surface area contributed by atoms with Crippen molar-refractivity contribution in [1.82, 2.24) is 10.2 Å². The smallest absolute Gasteiger partial charge is 0.328 e. The molecule has 0 aromatic heterocycles. The molecule has 2 aromatic carbocycles. The highest BCUT2D eigenvalue weighted by molar-refractivity contribution is 5.86. The van der Waals surface area contributed by atoms with Crippen molar-refractivity contribution < 1.29 is 14.3 Å². The zero-order chi connectivity index (χ0) is 20.1. The van der Waals surface area contributed by atoms with Gasteiger partial charge in [0, 0.05) is 19.0 Å². The van der Waals surface area contributed by atoms with E-state index >= 15 is 0 Å². The first-order valence-electron chi connectivity index (χ1n) is 9.73. The first-order chi connectivity index (χ1) is 13.5. The lowest BCUT2D eigenvalue weighted by molar-refractivity contribution is -0.153. The number of rotatable bonds is 6. The molecular formula is C23H28N2O3. The standard InChI is InChI=1S/C23H28N2O3/c1-16(2)22(17-9-5-4-6-10-17)24-14-21(26)25-15-19-12-8-7-11-18(19)13-20(25)23(27)28-3/h4-12,16,20,22,24H,13-15H2,1-3H3. The van der Waals surface area contributed by atoms with Crippen LogP contribution in [0.1, 0.15) is 36.6 Å². The lowest BCUT2D eigenvalue weighted by Gasteiger charge is -2.35. The SMILES string of the molecule is COC(=O)C1Cc2ccccc2CN1C(=O)CNC(c1ccccc1)C(C)C. The van der Waals surface area contributed by atoms with Crippen LogP contribution in [0.25, 0.3) is 0 Å². The number of nitrogens with zero attached hydrogens (tertiary/aromatic N) is 1. The molecule has 3 rings (SSSR count). The molecule has 5 nitrogen and oxygen atoms in total. The minimum atomic E-state index is -0.580. The van der Waals surface area contributed by atoms with Crippen molar-refractivity contribution in [1.29, 1.82) is 0 Å². The summed E-state index contributed by atoms with van der Waals surface area (Å²) < 4.78 is 4.97. The van der Waals surface area contributed by atoms with Gasteiger partial charge in [-0.3, -0.25) is 4.79 Å². The van der Waals surface area contributed by atoms with Gasteiger partial charge in [0.2, 0.25) is 5.91 Å². The highest BCUT2D eigenvalue weighted by Gasteiger charge is 2.35. The van der Waals surface area contributed by atoms with Gasteiger partial charge in [-0.25, -0.2) is 4.79 Å². The minimum absolute atomic E-state index is 0.0683. The second-order valence-electron chi connectivity index (χ2n) is 7.55. The van der Waals surface area contributed by atoms with Crippen molar-refractivity contribution in [3.05, 3.63) is 71.3 Å². The summed E-state index contributed by atoms with van der Waals surface area (Å²) in [7, 11) is 1.37. The quantitative estimate of drug-likeness (QED) is 0.783. The van der Waals surface area contributed by atoms with E-state index in [1.807, 2.05) is 42.5 Å². The van der Waals surface area contributed by atoms with E-state index < -0.39 is 6.04 Å². The monoisotopic (exact) mass is 380 g/mol. The minimum Gasteiger partial charge on any atom is -0.467 e. The van der Waals surface area contributed by atoms with E-state index in [1.54, 1.807) is 4.90 Å². The molecule has 0 saturated heterocycles. The highest BCUT2D eigenvalue weighted by Crippen LogP contribution is 2.25. The number of hydrogen-bond acceptors (Lipinski definition) is 4. The molecule has 1 N–H and O–H groups in total. The van der Waals surface area contributed by atoms with Gasteiger partial charge in [0.1, 0.15) is 6.04 Å². The number of hydrogen-bond donors (Lipinski definition) is 1. The predicted molar refractivity (Wildman–Crippen MR) is 109 cm³/mol. The van der Waals surface area contributed by atoms with Crippen molar-refractivity contribution in [3.63, 3.8) is 0 Å². The zero-order valence-corrected chi connectivity index (χ0v) is 16.7. The van der Waals surface area contributed by atoms with E-state index in [2.05, 4.69) is 31.3 Å². The summed E-state index contributed by atoms with van der Waals surface area (Å²) in [4.78, 5) is 27.0. The summed E-state index contributed by atoms with van der Waals surface area (Å²) in [6.45, 7) is 4.86. The van der Waals surface area contributed by atoms with Crippen LogP contribution in [0.4, 0.5) is 0 Å². The normalized spacial score (nSPS) is 17.1. The summed E-state index contributed by atoms with van der Waals surface area (Å²) in [5.74, 6) is -0.133. The Morgan fingerprint density at radius 2 is 1.71 bits per heavy atom. The summed E-state index contributed by atoms with van der Waals surface area (Å²) >= 11 is 0.